The number of aliphatic hydroxyl groups excluding tert-OH is 1. The number of benzene rings is 2. The lowest BCUT2D eigenvalue weighted by Gasteiger charge is -2.40. The van der Waals surface area contributed by atoms with Crippen LogP contribution in [0.25, 0.3) is 0 Å². The standard InChI is InChI=1S/C30H35F3N2O3/c1-28(2,35-16-13-25(20-35)38-26-18-23(30(31,32)33)17-24(36)19-26)14-15-29(27(34)37,21-9-5-3-6-10-21)22-11-7-4-8-12-22/h3-12,17-18,24-25,36H,13-16,19-20H2,1-2H3,(H2,34,37)/t24?,25-/m1/s1. The molecular formula is C30H35F3N2O3. The van der Waals surface area contributed by atoms with Crippen LogP contribution in [0.5, 0.6) is 0 Å². The van der Waals surface area contributed by atoms with E-state index in [1.165, 1.54) is 0 Å². The third kappa shape index (κ3) is 5.97. The molecule has 1 saturated heterocycles. The summed E-state index contributed by atoms with van der Waals surface area (Å²) >= 11 is 0. The van der Waals surface area contributed by atoms with Crippen LogP contribution in [0.2, 0.25) is 0 Å². The van der Waals surface area contributed by atoms with Crippen molar-refractivity contribution in [2.45, 2.75) is 68.9 Å². The molecule has 5 nitrogen and oxygen atoms in total. The normalized spacial score (nSPS) is 21.1. The van der Waals surface area contributed by atoms with Gasteiger partial charge in [-0.2, -0.15) is 13.2 Å². The van der Waals surface area contributed by atoms with Gasteiger partial charge in [-0.25, -0.2) is 0 Å². The van der Waals surface area contributed by atoms with Gasteiger partial charge >= 0.3 is 6.18 Å². The molecular weight excluding hydrogens is 493 g/mol. The molecule has 1 heterocycles. The van der Waals surface area contributed by atoms with E-state index < -0.39 is 29.2 Å². The molecule has 1 aliphatic heterocycles. The van der Waals surface area contributed by atoms with Crippen LogP contribution in [-0.4, -0.2) is 52.9 Å². The number of amides is 1. The highest BCUT2D eigenvalue weighted by Gasteiger charge is 2.43. The fourth-order valence-corrected chi connectivity index (χ4v) is 5.56. The molecule has 204 valence electrons. The van der Waals surface area contributed by atoms with E-state index in [1.807, 2.05) is 60.7 Å². The van der Waals surface area contributed by atoms with Crippen molar-refractivity contribution < 1.29 is 27.8 Å². The number of hydrogen-bond donors (Lipinski definition) is 2. The van der Waals surface area contributed by atoms with Crippen LogP contribution in [-0.2, 0) is 14.9 Å². The Kier molecular flexibility index (Phi) is 8.04. The van der Waals surface area contributed by atoms with Crippen molar-refractivity contribution in [3.05, 3.63) is 95.3 Å². The first-order valence-corrected chi connectivity index (χ1v) is 12.9. The third-order valence-corrected chi connectivity index (χ3v) is 7.81. The fraction of sp³-hybridized carbons (Fsp3) is 0.433. The van der Waals surface area contributed by atoms with Crippen molar-refractivity contribution in [1.29, 1.82) is 0 Å². The molecule has 1 amide bonds. The monoisotopic (exact) mass is 528 g/mol. The molecule has 3 N–H and O–H groups in total. The van der Waals surface area contributed by atoms with Gasteiger partial charge in [-0.15, -0.1) is 0 Å². The smallest absolute Gasteiger partial charge is 0.416 e. The second-order valence-corrected chi connectivity index (χ2v) is 10.8. The number of carbonyl (C=O) groups excluding carboxylic acids is 1. The Morgan fingerprint density at radius 1 is 1.03 bits per heavy atom. The van der Waals surface area contributed by atoms with Gasteiger partial charge < -0.3 is 15.6 Å². The number of aliphatic hydroxyl groups is 1. The molecule has 1 unspecified atom stereocenters. The minimum Gasteiger partial charge on any atom is -0.493 e. The summed E-state index contributed by atoms with van der Waals surface area (Å²) in [6.07, 6.45) is -2.43. The van der Waals surface area contributed by atoms with Gasteiger partial charge in [0, 0.05) is 25.0 Å². The quantitative estimate of drug-likeness (QED) is 0.467. The van der Waals surface area contributed by atoms with Crippen molar-refractivity contribution >= 4 is 5.91 Å². The Hall–Kier alpha value is -3.10. The predicted molar refractivity (Wildman–Crippen MR) is 140 cm³/mol. The summed E-state index contributed by atoms with van der Waals surface area (Å²) in [5, 5.41) is 9.90. The van der Waals surface area contributed by atoms with Gasteiger partial charge in [0.1, 0.15) is 6.10 Å². The maximum Gasteiger partial charge on any atom is 0.416 e. The second kappa shape index (κ2) is 10.9. The average Bonchev–Trinajstić information content (AvgIpc) is 3.34. The Bertz CT molecular complexity index is 1140. The van der Waals surface area contributed by atoms with Crippen molar-refractivity contribution in [1.82, 2.24) is 4.90 Å². The van der Waals surface area contributed by atoms with Gasteiger partial charge in [-0.3, -0.25) is 9.69 Å². The molecule has 1 fully saturated rings. The number of allylic oxidation sites excluding steroid dienone is 2. The first kappa shape index (κ1) is 27.9. The summed E-state index contributed by atoms with van der Waals surface area (Å²) in [6, 6.07) is 19.1. The van der Waals surface area contributed by atoms with Gasteiger partial charge in [0.05, 0.1) is 22.9 Å². The van der Waals surface area contributed by atoms with Gasteiger partial charge in [-0.1, -0.05) is 60.7 Å². The molecule has 2 atom stereocenters. The number of alkyl halides is 3. The predicted octanol–water partition coefficient (Wildman–Crippen LogP) is 5.24. The Balaban J connectivity index is 1.49. The first-order valence-electron chi connectivity index (χ1n) is 12.9. The minimum absolute atomic E-state index is 0.0226. The molecule has 4 rings (SSSR count). The zero-order valence-electron chi connectivity index (χ0n) is 21.7. The fourth-order valence-electron chi connectivity index (χ4n) is 5.56. The molecule has 0 radical (unpaired) electrons. The van der Waals surface area contributed by atoms with Crippen molar-refractivity contribution in [3.63, 3.8) is 0 Å². The number of rotatable bonds is 9. The summed E-state index contributed by atoms with van der Waals surface area (Å²) in [5.41, 5.74) is 5.58. The topological polar surface area (TPSA) is 75.8 Å². The van der Waals surface area contributed by atoms with E-state index in [1.54, 1.807) is 0 Å². The lowest BCUT2D eigenvalue weighted by atomic mass is 9.69. The summed E-state index contributed by atoms with van der Waals surface area (Å²) < 4.78 is 45.5. The van der Waals surface area contributed by atoms with E-state index in [-0.39, 0.29) is 23.8 Å². The number of nitrogens with two attached hydrogens (primary N) is 1. The maximum atomic E-state index is 13.2. The van der Waals surface area contributed by atoms with E-state index in [0.717, 1.165) is 23.3 Å². The van der Waals surface area contributed by atoms with Gasteiger partial charge in [0.25, 0.3) is 0 Å². The summed E-state index contributed by atoms with van der Waals surface area (Å²) in [6.45, 7) is 5.44. The van der Waals surface area contributed by atoms with Crippen LogP contribution in [0.15, 0.2) is 84.1 Å². The zero-order valence-corrected chi connectivity index (χ0v) is 21.7. The van der Waals surface area contributed by atoms with E-state index >= 15 is 0 Å². The minimum atomic E-state index is -4.54. The molecule has 0 spiro atoms. The number of halogens is 3. The van der Waals surface area contributed by atoms with Crippen molar-refractivity contribution in [2.24, 2.45) is 5.73 Å². The van der Waals surface area contributed by atoms with Gasteiger partial charge in [0.15, 0.2) is 0 Å². The van der Waals surface area contributed by atoms with E-state index in [9.17, 15) is 23.1 Å². The largest absolute Gasteiger partial charge is 0.493 e. The van der Waals surface area contributed by atoms with E-state index in [4.69, 9.17) is 10.5 Å². The highest BCUT2D eigenvalue weighted by molar-refractivity contribution is 5.90. The second-order valence-electron chi connectivity index (χ2n) is 10.8. The molecule has 2 aliphatic rings. The highest BCUT2D eigenvalue weighted by atomic mass is 19.4. The van der Waals surface area contributed by atoms with Crippen LogP contribution in [0.1, 0.15) is 50.7 Å². The number of carbonyl (C=O) groups is 1. The number of likely N-dealkylation sites (tertiary alicyclic amines) is 1. The molecule has 0 aromatic heterocycles. The van der Waals surface area contributed by atoms with E-state index in [2.05, 4.69) is 18.7 Å². The van der Waals surface area contributed by atoms with Crippen LogP contribution < -0.4 is 5.73 Å². The third-order valence-electron chi connectivity index (χ3n) is 7.81. The van der Waals surface area contributed by atoms with Crippen LogP contribution in [0.4, 0.5) is 13.2 Å². The van der Waals surface area contributed by atoms with E-state index in [0.29, 0.717) is 32.4 Å². The summed E-state index contributed by atoms with van der Waals surface area (Å²) in [7, 11) is 0. The lowest BCUT2D eigenvalue weighted by molar-refractivity contribution is -0.122. The molecule has 2 aromatic rings. The highest BCUT2D eigenvalue weighted by Crippen LogP contribution is 2.40. The summed E-state index contributed by atoms with van der Waals surface area (Å²) in [5.74, 6) is -0.262. The number of ether oxygens (including phenoxy) is 1. The zero-order chi connectivity index (χ0) is 27.6. The molecule has 2 aromatic carbocycles. The van der Waals surface area contributed by atoms with Crippen LogP contribution in [0.3, 0.4) is 0 Å². The number of nitrogens with zero attached hydrogens (tertiary/aromatic N) is 1. The molecule has 8 heteroatoms. The van der Waals surface area contributed by atoms with Crippen molar-refractivity contribution in [2.75, 3.05) is 13.1 Å². The SMILES string of the molecule is CC(C)(CCC(C(N)=O)(c1ccccc1)c1ccccc1)N1CC[C@@H](OC2=CC(C(F)(F)F)=CC(O)C2)C1. The Morgan fingerprint density at radius 2 is 1.61 bits per heavy atom. The lowest BCUT2D eigenvalue weighted by Crippen LogP contribution is -2.47. The molecule has 38 heavy (non-hydrogen) atoms. The molecule has 0 saturated carbocycles. The molecule has 0 bridgehead atoms. The molecule has 1 aliphatic carbocycles. The van der Waals surface area contributed by atoms with Crippen molar-refractivity contribution in [3.8, 4) is 0 Å². The Morgan fingerprint density at radius 3 is 2.13 bits per heavy atom. The van der Waals surface area contributed by atoms with Crippen LogP contribution >= 0.6 is 0 Å². The van der Waals surface area contributed by atoms with Crippen LogP contribution in [0, 0.1) is 0 Å². The Labute approximate surface area is 221 Å². The first-order chi connectivity index (χ1) is 17.9. The van der Waals surface area contributed by atoms with Gasteiger partial charge in [0.2, 0.25) is 5.91 Å². The van der Waals surface area contributed by atoms with Gasteiger partial charge in [-0.05, 0) is 56.4 Å². The number of primary amides is 1. The average molecular weight is 529 g/mol. The summed E-state index contributed by atoms with van der Waals surface area (Å²) in [4.78, 5) is 15.4. The number of hydrogen-bond acceptors (Lipinski definition) is 4. The maximum absolute atomic E-state index is 13.2.